The zero-order valence-corrected chi connectivity index (χ0v) is 16.8. The van der Waals surface area contributed by atoms with Crippen LogP contribution in [-0.2, 0) is 19.7 Å². The molecule has 0 N–H and O–H groups in total. The van der Waals surface area contributed by atoms with E-state index in [2.05, 4.69) is 24.0 Å². The summed E-state index contributed by atoms with van der Waals surface area (Å²) in [4.78, 5) is 20.7. The van der Waals surface area contributed by atoms with Crippen LogP contribution in [0.1, 0.15) is 25.3 Å². The minimum atomic E-state index is -0.504. The zero-order chi connectivity index (χ0) is 19.6. The number of methoxy groups -OCH3 is 3. The fraction of sp³-hybridized carbons (Fsp3) is 0.545. The maximum absolute atomic E-state index is 13.2. The number of nitrogens with zero attached hydrogens (tertiary/aromatic N) is 2. The van der Waals surface area contributed by atoms with Crippen LogP contribution in [0.15, 0.2) is 34.8 Å². The van der Waals surface area contributed by atoms with Gasteiger partial charge in [0.25, 0.3) is 0 Å². The van der Waals surface area contributed by atoms with Crippen molar-refractivity contribution in [2.75, 3.05) is 27.9 Å². The number of piperidine rings is 2. The number of fused-ring (bicyclic) bond motifs is 2. The predicted octanol–water partition coefficient (Wildman–Crippen LogP) is 2.83. The van der Waals surface area contributed by atoms with Gasteiger partial charge in [0.15, 0.2) is 0 Å². The summed E-state index contributed by atoms with van der Waals surface area (Å²) in [6, 6.07) is 6.19. The maximum atomic E-state index is 13.2. The predicted molar refractivity (Wildman–Crippen MR) is 105 cm³/mol. The Morgan fingerprint density at radius 2 is 2.14 bits per heavy atom. The average molecular weight is 382 g/mol. The first-order valence-electron chi connectivity index (χ1n) is 9.88. The standard InChI is InChI=1S/C22H26N2O4/c1-5-12-11-24-17-9-14(12)19(21(25)28-4)22(10-18(24)27-3)15-8-13(26-2)6-7-16(15)23-20(17)22/h5-8,14,17-19H,9-11H2,1-4H3/b12-5-/t14-,17-,18-,19-,22-/m0/s1. The minimum absolute atomic E-state index is 0.0653. The van der Waals surface area contributed by atoms with E-state index < -0.39 is 5.41 Å². The number of ether oxygens (including phenoxy) is 3. The second-order valence-electron chi connectivity index (χ2n) is 8.14. The van der Waals surface area contributed by atoms with Gasteiger partial charge in [-0.3, -0.25) is 14.7 Å². The highest BCUT2D eigenvalue weighted by Gasteiger charge is 2.67. The van der Waals surface area contributed by atoms with Crippen LogP contribution >= 0.6 is 0 Å². The van der Waals surface area contributed by atoms with Gasteiger partial charge in [0.2, 0.25) is 0 Å². The highest BCUT2D eigenvalue weighted by Crippen LogP contribution is 2.61. The molecule has 3 heterocycles. The van der Waals surface area contributed by atoms with Gasteiger partial charge in [-0.25, -0.2) is 0 Å². The molecule has 28 heavy (non-hydrogen) atoms. The number of carbonyl (C=O) groups excluding carboxylic acids is 1. The second kappa shape index (κ2) is 6.16. The SMILES string of the molecule is C/C=C1/CN2[C@@H](OC)C[C@]34C(=Nc5ccc(OC)cc53)[C@@H]2C[C@@H]1[C@H]4C(=O)OC. The lowest BCUT2D eigenvalue weighted by Gasteiger charge is -2.61. The van der Waals surface area contributed by atoms with Gasteiger partial charge >= 0.3 is 5.97 Å². The molecule has 1 aromatic rings. The molecule has 0 amide bonds. The number of benzene rings is 1. The first-order chi connectivity index (χ1) is 13.6. The Morgan fingerprint density at radius 1 is 1.32 bits per heavy atom. The first-order valence-corrected chi connectivity index (χ1v) is 9.88. The van der Waals surface area contributed by atoms with Crippen molar-refractivity contribution in [1.29, 1.82) is 0 Å². The highest BCUT2D eigenvalue weighted by molar-refractivity contribution is 6.10. The Labute approximate surface area is 165 Å². The fourth-order valence-corrected chi connectivity index (χ4v) is 6.14. The van der Waals surface area contributed by atoms with Gasteiger partial charge < -0.3 is 14.2 Å². The van der Waals surface area contributed by atoms with Gasteiger partial charge in [0.05, 0.1) is 37.3 Å². The highest BCUT2D eigenvalue weighted by atomic mass is 16.5. The normalized spacial score (nSPS) is 36.7. The Bertz CT molecular complexity index is 908. The lowest BCUT2D eigenvalue weighted by Crippen LogP contribution is -2.71. The van der Waals surface area contributed by atoms with Gasteiger partial charge in [-0.15, -0.1) is 0 Å². The molecule has 4 aliphatic rings. The van der Waals surface area contributed by atoms with Crippen LogP contribution in [-0.4, -0.2) is 56.7 Å². The van der Waals surface area contributed by atoms with Crippen LogP contribution < -0.4 is 4.74 Å². The molecule has 3 fully saturated rings. The van der Waals surface area contributed by atoms with Gasteiger partial charge in [-0.05, 0) is 43.0 Å². The van der Waals surface area contributed by atoms with Crippen molar-refractivity contribution in [2.45, 2.75) is 37.5 Å². The lowest BCUT2D eigenvalue weighted by atomic mass is 9.50. The van der Waals surface area contributed by atoms with Gasteiger partial charge in [0, 0.05) is 25.8 Å². The topological polar surface area (TPSA) is 60.4 Å². The molecular formula is C22H26N2O4. The van der Waals surface area contributed by atoms with Crippen LogP contribution in [0.2, 0.25) is 0 Å². The van der Waals surface area contributed by atoms with E-state index in [1.165, 1.54) is 12.7 Å². The molecule has 0 unspecified atom stereocenters. The summed E-state index contributed by atoms with van der Waals surface area (Å²) in [6.07, 6.45) is 3.68. The molecule has 1 saturated carbocycles. The summed E-state index contributed by atoms with van der Waals surface area (Å²) in [6.45, 7) is 2.88. The first kappa shape index (κ1) is 17.9. The summed E-state index contributed by atoms with van der Waals surface area (Å²) in [5.41, 5.74) is 3.91. The average Bonchev–Trinajstić information content (AvgIpc) is 3.06. The molecular weight excluding hydrogens is 356 g/mol. The van der Waals surface area contributed by atoms with E-state index in [0.29, 0.717) is 6.42 Å². The monoisotopic (exact) mass is 382 g/mol. The Hall–Kier alpha value is -2.18. The summed E-state index contributed by atoms with van der Waals surface area (Å²) < 4.78 is 16.8. The molecule has 6 heteroatoms. The molecule has 1 aromatic carbocycles. The van der Waals surface area contributed by atoms with Crippen molar-refractivity contribution in [3.63, 3.8) is 0 Å². The molecule has 3 bridgehead atoms. The summed E-state index contributed by atoms with van der Waals surface area (Å²) in [5, 5.41) is 0. The van der Waals surface area contributed by atoms with Crippen molar-refractivity contribution in [3.8, 4) is 5.75 Å². The molecule has 0 radical (unpaired) electrons. The number of esters is 1. The Morgan fingerprint density at radius 3 is 2.82 bits per heavy atom. The molecule has 0 aromatic heterocycles. The Kier molecular flexibility index (Phi) is 3.93. The van der Waals surface area contributed by atoms with E-state index in [1.807, 2.05) is 12.1 Å². The largest absolute Gasteiger partial charge is 0.497 e. The number of hydrogen-bond donors (Lipinski definition) is 0. The number of allylic oxidation sites excluding steroid dienone is 1. The van der Waals surface area contributed by atoms with Gasteiger partial charge in [-0.2, -0.15) is 0 Å². The van der Waals surface area contributed by atoms with Crippen LogP contribution in [0.5, 0.6) is 5.75 Å². The van der Waals surface area contributed by atoms with Gasteiger partial charge in [-0.1, -0.05) is 11.6 Å². The lowest BCUT2D eigenvalue weighted by molar-refractivity contribution is -0.158. The molecule has 1 aliphatic carbocycles. The number of carbonyl (C=O) groups is 1. The summed E-state index contributed by atoms with van der Waals surface area (Å²) in [7, 11) is 4.92. The molecule has 3 aliphatic heterocycles. The van der Waals surface area contributed by atoms with Crippen LogP contribution in [0.3, 0.4) is 0 Å². The van der Waals surface area contributed by atoms with E-state index >= 15 is 0 Å². The van der Waals surface area contributed by atoms with Gasteiger partial charge in [0.1, 0.15) is 12.0 Å². The van der Waals surface area contributed by atoms with Crippen molar-refractivity contribution in [1.82, 2.24) is 4.90 Å². The number of rotatable bonds is 3. The van der Waals surface area contributed by atoms with Crippen LogP contribution in [0.25, 0.3) is 0 Å². The second-order valence-corrected chi connectivity index (χ2v) is 8.14. The van der Waals surface area contributed by atoms with E-state index in [9.17, 15) is 4.79 Å². The zero-order valence-electron chi connectivity index (χ0n) is 16.8. The smallest absolute Gasteiger partial charge is 0.310 e. The van der Waals surface area contributed by atoms with Crippen LogP contribution in [0.4, 0.5) is 5.69 Å². The van der Waals surface area contributed by atoms with Crippen molar-refractivity contribution < 1.29 is 19.0 Å². The third-order valence-electron chi connectivity index (χ3n) is 7.31. The number of hydrogen-bond acceptors (Lipinski definition) is 6. The van der Waals surface area contributed by atoms with E-state index in [4.69, 9.17) is 19.2 Å². The van der Waals surface area contributed by atoms with Crippen LogP contribution in [0, 0.1) is 11.8 Å². The fourth-order valence-electron chi connectivity index (χ4n) is 6.14. The molecule has 5 rings (SSSR count). The molecule has 5 atom stereocenters. The third kappa shape index (κ3) is 2.05. The number of aliphatic imine (C=N–C) groups is 1. The molecule has 148 valence electrons. The van der Waals surface area contributed by atoms with Crippen molar-refractivity contribution >= 4 is 17.4 Å². The van der Waals surface area contributed by atoms with E-state index in [1.54, 1.807) is 14.2 Å². The van der Waals surface area contributed by atoms with E-state index in [-0.39, 0.29) is 30.1 Å². The quantitative estimate of drug-likeness (QED) is 0.594. The maximum Gasteiger partial charge on any atom is 0.310 e. The van der Waals surface area contributed by atoms with E-state index in [0.717, 1.165) is 35.7 Å². The summed E-state index contributed by atoms with van der Waals surface area (Å²) >= 11 is 0. The Balaban J connectivity index is 1.79. The molecule has 6 nitrogen and oxygen atoms in total. The minimum Gasteiger partial charge on any atom is -0.497 e. The van der Waals surface area contributed by atoms with Crippen molar-refractivity contribution in [3.05, 3.63) is 35.4 Å². The third-order valence-corrected chi connectivity index (χ3v) is 7.31. The van der Waals surface area contributed by atoms with Crippen molar-refractivity contribution in [2.24, 2.45) is 16.8 Å². The summed E-state index contributed by atoms with van der Waals surface area (Å²) in [5.74, 6) is 0.489. The molecule has 2 saturated heterocycles. The molecule has 0 spiro atoms.